The highest BCUT2D eigenvalue weighted by Gasteiger charge is 1.98. The van der Waals surface area contributed by atoms with Gasteiger partial charge in [-0.25, -0.2) is 0 Å². The fraction of sp³-hybridized carbons (Fsp3) is 0.667. The average molecular weight is 226 g/mol. The number of rotatable bonds is 7. The van der Waals surface area contributed by atoms with Crippen LogP contribution in [0.5, 0.6) is 0 Å². The van der Waals surface area contributed by atoms with Gasteiger partial charge in [0.2, 0.25) is 0 Å². The van der Waals surface area contributed by atoms with Gasteiger partial charge in [-0.15, -0.1) is 11.3 Å². The largest absolute Gasteiger partial charge is 0.328 e. The molecule has 2 nitrogen and oxygen atoms in total. The van der Waals surface area contributed by atoms with Crippen LogP contribution in [0.25, 0.3) is 0 Å². The van der Waals surface area contributed by atoms with Crippen molar-refractivity contribution in [3.63, 3.8) is 0 Å². The summed E-state index contributed by atoms with van der Waals surface area (Å²) in [6.07, 6.45) is 3.43. The fourth-order valence-electron chi connectivity index (χ4n) is 1.47. The van der Waals surface area contributed by atoms with E-state index in [1.54, 1.807) is 0 Å². The van der Waals surface area contributed by atoms with E-state index in [4.69, 9.17) is 5.73 Å². The van der Waals surface area contributed by atoms with E-state index in [9.17, 15) is 0 Å². The third-order valence-electron chi connectivity index (χ3n) is 2.38. The average Bonchev–Trinajstić information content (AvgIpc) is 2.65. The van der Waals surface area contributed by atoms with Crippen molar-refractivity contribution in [2.75, 3.05) is 6.54 Å². The van der Waals surface area contributed by atoms with E-state index in [0.717, 1.165) is 25.9 Å². The molecule has 1 heterocycles. The molecule has 0 saturated heterocycles. The first-order chi connectivity index (χ1) is 7.22. The standard InChI is InChI=1S/C12H22N2S/c1-3-11-6-7-12(15-11)9-14-8-4-5-10(2)13/h6-7,10,14H,3-5,8-9,13H2,1-2H3. The van der Waals surface area contributed by atoms with E-state index in [1.807, 2.05) is 11.3 Å². The third-order valence-corrected chi connectivity index (χ3v) is 3.61. The van der Waals surface area contributed by atoms with Gasteiger partial charge in [0.25, 0.3) is 0 Å². The molecule has 0 radical (unpaired) electrons. The van der Waals surface area contributed by atoms with Crippen LogP contribution >= 0.6 is 11.3 Å². The van der Waals surface area contributed by atoms with Crippen LogP contribution in [-0.4, -0.2) is 12.6 Å². The Morgan fingerprint density at radius 1 is 1.40 bits per heavy atom. The van der Waals surface area contributed by atoms with Crippen molar-refractivity contribution in [2.24, 2.45) is 5.73 Å². The molecule has 86 valence electrons. The fourth-order valence-corrected chi connectivity index (χ4v) is 2.40. The summed E-state index contributed by atoms with van der Waals surface area (Å²) < 4.78 is 0. The van der Waals surface area contributed by atoms with Gasteiger partial charge in [0, 0.05) is 22.3 Å². The minimum Gasteiger partial charge on any atom is -0.328 e. The van der Waals surface area contributed by atoms with E-state index in [2.05, 4.69) is 31.3 Å². The normalized spacial score (nSPS) is 13.0. The van der Waals surface area contributed by atoms with Gasteiger partial charge in [0.05, 0.1) is 0 Å². The predicted octanol–water partition coefficient (Wildman–Crippen LogP) is 2.53. The molecular weight excluding hydrogens is 204 g/mol. The molecule has 0 aromatic carbocycles. The molecule has 3 heteroatoms. The van der Waals surface area contributed by atoms with Gasteiger partial charge in [-0.2, -0.15) is 0 Å². The summed E-state index contributed by atoms with van der Waals surface area (Å²) in [4.78, 5) is 2.91. The molecule has 3 N–H and O–H groups in total. The van der Waals surface area contributed by atoms with Crippen molar-refractivity contribution in [3.05, 3.63) is 21.9 Å². The molecule has 15 heavy (non-hydrogen) atoms. The third kappa shape index (κ3) is 5.30. The summed E-state index contributed by atoms with van der Waals surface area (Å²) in [5, 5.41) is 3.45. The predicted molar refractivity (Wildman–Crippen MR) is 68.3 cm³/mol. The van der Waals surface area contributed by atoms with Crippen LogP contribution < -0.4 is 11.1 Å². The van der Waals surface area contributed by atoms with Crippen LogP contribution in [0, 0.1) is 0 Å². The Hall–Kier alpha value is -0.380. The highest BCUT2D eigenvalue weighted by atomic mass is 32.1. The molecule has 0 spiro atoms. The molecule has 1 aromatic rings. The number of hydrogen-bond donors (Lipinski definition) is 2. The lowest BCUT2D eigenvalue weighted by Crippen LogP contribution is -2.19. The number of aryl methyl sites for hydroxylation is 1. The van der Waals surface area contributed by atoms with E-state index in [-0.39, 0.29) is 0 Å². The smallest absolute Gasteiger partial charge is 0.0299 e. The number of nitrogens with one attached hydrogen (secondary N) is 1. The van der Waals surface area contributed by atoms with Crippen LogP contribution in [-0.2, 0) is 13.0 Å². The Morgan fingerprint density at radius 2 is 2.13 bits per heavy atom. The van der Waals surface area contributed by atoms with Gasteiger partial charge in [0.1, 0.15) is 0 Å². The number of hydrogen-bond acceptors (Lipinski definition) is 3. The summed E-state index contributed by atoms with van der Waals surface area (Å²) in [6, 6.07) is 4.78. The maximum Gasteiger partial charge on any atom is 0.0299 e. The maximum absolute atomic E-state index is 5.68. The van der Waals surface area contributed by atoms with E-state index < -0.39 is 0 Å². The molecule has 0 aliphatic rings. The summed E-state index contributed by atoms with van der Waals surface area (Å²) in [6.45, 7) is 6.34. The Bertz CT molecular complexity index is 268. The molecular formula is C12H22N2S. The first-order valence-corrected chi connectivity index (χ1v) is 6.58. The lowest BCUT2D eigenvalue weighted by Gasteiger charge is -2.05. The van der Waals surface area contributed by atoms with Crippen LogP contribution in [0.1, 0.15) is 36.4 Å². The minimum atomic E-state index is 0.334. The zero-order chi connectivity index (χ0) is 11.1. The molecule has 1 rings (SSSR count). The van der Waals surface area contributed by atoms with Crippen LogP contribution in [0.15, 0.2) is 12.1 Å². The summed E-state index contributed by atoms with van der Waals surface area (Å²) in [7, 11) is 0. The lowest BCUT2D eigenvalue weighted by atomic mass is 10.2. The van der Waals surface area contributed by atoms with Crippen molar-refractivity contribution >= 4 is 11.3 Å². The summed E-state index contributed by atoms with van der Waals surface area (Å²) >= 11 is 1.91. The first kappa shape index (κ1) is 12.7. The Labute approximate surface area is 96.9 Å². The van der Waals surface area contributed by atoms with E-state index in [0.29, 0.717) is 6.04 Å². The van der Waals surface area contributed by atoms with Crippen molar-refractivity contribution in [1.29, 1.82) is 0 Å². The van der Waals surface area contributed by atoms with Crippen molar-refractivity contribution < 1.29 is 0 Å². The molecule has 1 aromatic heterocycles. The number of nitrogens with two attached hydrogens (primary N) is 1. The highest BCUT2D eigenvalue weighted by molar-refractivity contribution is 7.11. The van der Waals surface area contributed by atoms with Crippen molar-refractivity contribution in [3.8, 4) is 0 Å². The monoisotopic (exact) mass is 226 g/mol. The first-order valence-electron chi connectivity index (χ1n) is 5.76. The highest BCUT2D eigenvalue weighted by Crippen LogP contribution is 2.16. The van der Waals surface area contributed by atoms with Crippen LogP contribution in [0.2, 0.25) is 0 Å². The summed E-state index contributed by atoms with van der Waals surface area (Å²) in [5.41, 5.74) is 5.68. The molecule has 0 amide bonds. The quantitative estimate of drug-likeness (QED) is 0.701. The molecule has 0 saturated carbocycles. The topological polar surface area (TPSA) is 38.0 Å². The molecule has 0 bridgehead atoms. The second-order valence-electron chi connectivity index (χ2n) is 4.02. The summed E-state index contributed by atoms with van der Waals surface area (Å²) in [5.74, 6) is 0. The zero-order valence-corrected chi connectivity index (χ0v) is 10.6. The minimum absolute atomic E-state index is 0.334. The zero-order valence-electron chi connectivity index (χ0n) is 9.75. The van der Waals surface area contributed by atoms with Crippen LogP contribution in [0.4, 0.5) is 0 Å². The Morgan fingerprint density at radius 3 is 2.73 bits per heavy atom. The molecule has 1 atom stereocenters. The molecule has 1 unspecified atom stereocenters. The molecule has 0 aliphatic heterocycles. The SMILES string of the molecule is CCc1ccc(CNCCCC(C)N)s1. The second kappa shape index (κ2) is 6.99. The Kier molecular flexibility index (Phi) is 5.91. The van der Waals surface area contributed by atoms with Crippen LogP contribution in [0.3, 0.4) is 0 Å². The van der Waals surface area contributed by atoms with Crippen molar-refractivity contribution in [2.45, 2.75) is 45.7 Å². The van der Waals surface area contributed by atoms with Gasteiger partial charge in [-0.1, -0.05) is 6.92 Å². The number of thiophene rings is 1. The molecule has 0 aliphatic carbocycles. The van der Waals surface area contributed by atoms with E-state index in [1.165, 1.54) is 16.2 Å². The maximum atomic E-state index is 5.68. The van der Waals surface area contributed by atoms with Gasteiger partial charge in [-0.3, -0.25) is 0 Å². The second-order valence-corrected chi connectivity index (χ2v) is 5.27. The lowest BCUT2D eigenvalue weighted by molar-refractivity contribution is 0.576. The molecule has 0 fully saturated rings. The Balaban J connectivity index is 2.09. The van der Waals surface area contributed by atoms with Gasteiger partial charge < -0.3 is 11.1 Å². The van der Waals surface area contributed by atoms with Gasteiger partial charge >= 0.3 is 0 Å². The van der Waals surface area contributed by atoms with Crippen molar-refractivity contribution in [1.82, 2.24) is 5.32 Å². The van der Waals surface area contributed by atoms with Gasteiger partial charge in [-0.05, 0) is 44.9 Å². The van der Waals surface area contributed by atoms with E-state index >= 15 is 0 Å². The van der Waals surface area contributed by atoms with Gasteiger partial charge in [0.15, 0.2) is 0 Å².